The van der Waals surface area contributed by atoms with Crippen LogP contribution in [0.25, 0.3) is 0 Å². The largest absolute Gasteiger partial charge is 0.366 e. The van der Waals surface area contributed by atoms with Crippen LogP contribution in [0.15, 0.2) is 36.4 Å². The van der Waals surface area contributed by atoms with E-state index in [0.29, 0.717) is 11.1 Å². The van der Waals surface area contributed by atoms with Crippen molar-refractivity contribution in [3.63, 3.8) is 0 Å². The molecule has 1 unspecified atom stereocenters. The fourth-order valence-electron chi connectivity index (χ4n) is 2.04. The summed E-state index contributed by atoms with van der Waals surface area (Å²) in [5.74, 6) is -0.643. The molecule has 110 valence electrons. The predicted octanol–water partition coefficient (Wildman–Crippen LogP) is 2.52. The first-order valence-corrected chi connectivity index (χ1v) is 7.53. The maximum Gasteiger partial charge on any atom is 0.251 e. The molecular formula is C16H18N2O2S. The minimum atomic E-state index is -0.497. The highest BCUT2D eigenvalue weighted by molar-refractivity contribution is 7.11. The summed E-state index contributed by atoms with van der Waals surface area (Å²) in [5.41, 5.74) is 6.09. The number of rotatable bonds is 5. The first kappa shape index (κ1) is 15.3. The van der Waals surface area contributed by atoms with Crippen LogP contribution >= 0.6 is 11.3 Å². The zero-order valence-electron chi connectivity index (χ0n) is 12.1. The lowest BCUT2D eigenvalue weighted by atomic mass is 10.1. The molecule has 2 aromatic rings. The van der Waals surface area contributed by atoms with Gasteiger partial charge < -0.3 is 11.1 Å². The maximum absolute atomic E-state index is 12.1. The maximum atomic E-state index is 12.1. The summed E-state index contributed by atoms with van der Waals surface area (Å²) in [5, 5.41) is 2.95. The predicted molar refractivity (Wildman–Crippen MR) is 84.6 cm³/mol. The second kappa shape index (κ2) is 6.54. The Hall–Kier alpha value is -2.14. The number of nitrogens with one attached hydrogen (secondary N) is 1. The van der Waals surface area contributed by atoms with E-state index in [1.165, 1.54) is 9.75 Å². The van der Waals surface area contributed by atoms with Crippen molar-refractivity contribution < 1.29 is 9.59 Å². The van der Waals surface area contributed by atoms with E-state index >= 15 is 0 Å². The van der Waals surface area contributed by atoms with E-state index in [4.69, 9.17) is 5.73 Å². The summed E-state index contributed by atoms with van der Waals surface area (Å²) >= 11 is 1.74. The number of amides is 2. The topological polar surface area (TPSA) is 72.2 Å². The van der Waals surface area contributed by atoms with E-state index in [1.54, 1.807) is 35.6 Å². The van der Waals surface area contributed by atoms with Crippen LogP contribution in [-0.4, -0.2) is 17.9 Å². The molecule has 2 amide bonds. The van der Waals surface area contributed by atoms with Crippen molar-refractivity contribution in [3.05, 3.63) is 57.3 Å². The average Bonchev–Trinajstić information content (AvgIpc) is 2.83. The van der Waals surface area contributed by atoms with E-state index in [0.717, 1.165) is 6.42 Å². The van der Waals surface area contributed by atoms with Crippen LogP contribution in [0.3, 0.4) is 0 Å². The molecule has 21 heavy (non-hydrogen) atoms. The molecule has 0 saturated heterocycles. The molecule has 0 aliphatic heterocycles. The van der Waals surface area contributed by atoms with Crippen LogP contribution in [0, 0.1) is 6.92 Å². The van der Waals surface area contributed by atoms with Crippen LogP contribution in [0.5, 0.6) is 0 Å². The summed E-state index contributed by atoms with van der Waals surface area (Å²) in [7, 11) is 0. The highest BCUT2D eigenvalue weighted by Crippen LogP contribution is 2.16. The number of hydrogen-bond acceptors (Lipinski definition) is 3. The van der Waals surface area contributed by atoms with Gasteiger partial charge in [0.25, 0.3) is 5.91 Å². The number of benzene rings is 1. The standard InChI is InChI=1S/C16H18N2O2S/c1-10(9-14-8-3-11(2)21-14)18-16(20)13-6-4-12(5-7-13)15(17)19/h3-8,10H,9H2,1-2H3,(H2,17,19)(H,18,20). The van der Waals surface area contributed by atoms with Gasteiger partial charge in [-0.1, -0.05) is 0 Å². The lowest BCUT2D eigenvalue weighted by molar-refractivity contribution is 0.0938. The van der Waals surface area contributed by atoms with Crippen LogP contribution in [0.1, 0.15) is 37.4 Å². The number of nitrogens with two attached hydrogens (primary N) is 1. The lowest BCUT2D eigenvalue weighted by Gasteiger charge is -2.13. The van der Waals surface area contributed by atoms with Gasteiger partial charge in [0.2, 0.25) is 5.91 Å². The molecule has 0 saturated carbocycles. The molecule has 1 atom stereocenters. The fraction of sp³-hybridized carbons (Fsp3) is 0.250. The summed E-state index contributed by atoms with van der Waals surface area (Å²) in [6, 6.07) is 10.6. The van der Waals surface area contributed by atoms with E-state index in [2.05, 4.69) is 24.4 Å². The highest BCUT2D eigenvalue weighted by atomic mass is 32.1. The van der Waals surface area contributed by atoms with Crippen molar-refractivity contribution in [1.82, 2.24) is 5.32 Å². The van der Waals surface area contributed by atoms with Crippen LogP contribution in [0.4, 0.5) is 0 Å². The third kappa shape index (κ3) is 4.16. The van der Waals surface area contributed by atoms with Crippen LogP contribution in [0.2, 0.25) is 0 Å². The Morgan fingerprint density at radius 1 is 1.14 bits per heavy atom. The molecule has 0 fully saturated rings. The van der Waals surface area contributed by atoms with Crippen molar-refractivity contribution in [2.45, 2.75) is 26.3 Å². The number of carbonyl (C=O) groups is 2. The Balaban J connectivity index is 1.95. The van der Waals surface area contributed by atoms with E-state index in [9.17, 15) is 9.59 Å². The molecule has 3 N–H and O–H groups in total. The van der Waals surface area contributed by atoms with E-state index in [-0.39, 0.29) is 11.9 Å². The van der Waals surface area contributed by atoms with E-state index < -0.39 is 5.91 Å². The molecular weight excluding hydrogens is 284 g/mol. The summed E-state index contributed by atoms with van der Waals surface area (Å²) in [6.45, 7) is 4.04. The quantitative estimate of drug-likeness (QED) is 0.890. The number of thiophene rings is 1. The minimum Gasteiger partial charge on any atom is -0.366 e. The van der Waals surface area contributed by atoms with Crippen molar-refractivity contribution >= 4 is 23.2 Å². The summed E-state index contributed by atoms with van der Waals surface area (Å²) < 4.78 is 0. The molecule has 0 spiro atoms. The Kier molecular flexibility index (Phi) is 4.75. The smallest absolute Gasteiger partial charge is 0.251 e. The summed E-state index contributed by atoms with van der Waals surface area (Å²) in [4.78, 5) is 25.6. The SMILES string of the molecule is Cc1ccc(CC(C)NC(=O)c2ccc(C(N)=O)cc2)s1. The van der Waals surface area contributed by atoms with Crippen molar-refractivity contribution in [2.24, 2.45) is 5.73 Å². The molecule has 0 aliphatic rings. The van der Waals surface area contributed by atoms with Gasteiger partial charge in [0.05, 0.1) is 0 Å². The monoisotopic (exact) mass is 302 g/mol. The zero-order valence-corrected chi connectivity index (χ0v) is 12.9. The molecule has 4 nitrogen and oxygen atoms in total. The van der Waals surface area contributed by atoms with Crippen molar-refractivity contribution in [3.8, 4) is 0 Å². The van der Waals surface area contributed by atoms with Gasteiger partial charge in [-0.3, -0.25) is 9.59 Å². The van der Waals surface area contributed by atoms with Crippen LogP contribution < -0.4 is 11.1 Å². The molecule has 1 heterocycles. The van der Waals surface area contributed by atoms with Crippen molar-refractivity contribution in [2.75, 3.05) is 0 Å². The molecule has 5 heteroatoms. The normalized spacial score (nSPS) is 11.9. The average molecular weight is 302 g/mol. The van der Waals surface area contributed by atoms with Gasteiger partial charge in [0.15, 0.2) is 0 Å². The molecule has 0 aliphatic carbocycles. The first-order chi connectivity index (χ1) is 9.95. The lowest BCUT2D eigenvalue weighted by Crippen LogP contribution is -2.33. The first-order valence-electron chi connectivity index (χ1n) is 6.72. The molecule has 2 rings (SSSR count). The van der Waals surface area contributed by atoms with Gasteiger partial charge in [-0.25, -0.2) is 0 Å². The Morgan fingerprint density at radius 2 is 1.76 bits per heavy atom. The van der Waals surface area contributed by atoms with Gasteiger partial charge in [0.1, 0.15) is 0 Å². The molecule has 1 aromatic heterocycles. The van der Waals surface area contributed by atoms with Crippen molar-refractivity contribution in [1.29, 1.82) is 0 Å². The van der Waals surface area contributed by atoms with Gasteiger partial charge in [-0.05, 0) is 50.2 Å². The molecule has 0 radical (unpaired) electrons. The second-order valence-electron chi connectivity index (χ2n) is 5.03. The Bertz CT molecular complexity index is 647. The number of carbonyl (C=O) groups excluding carboxylic acids is 2. The summed E-state index contributed by atoms with van der Waals surface area (Å²) in [6.07, 6.45) is 0.809. The Morgan fingerprint density at radius 3 is 2.29 bits per heavy atom. The third-order valence-corrected chi connectivity index (χ3v) is 4.14. The number of aryl methyl sites for hydroxylation is 1. The van der Waals surface area contributed by atoms with Gasteiger partial charge >= 0.3 is 0 Å². The molecule has 1 aromatic carbocycles. The second-order valence-corrected chi connectivity index (χ2v) is 6.41. The van der Waals surface area contributed by atoms with Gasteiger partial charge in [-0.15, -0.1) is 11.3 Å². The van der Waals surface area contributed by atoms with Crippen LogP contribution in [-0.2, 0) is 6.42 Å². The van der Waals surface area contributed by atoms with E-state index in [1.807, 2.05) is 6.92 Å². The highest BCUT2D eigenvalue weighted by Gasteiger charge is 2.11. The number of hydrogen-bond donors (Lipinski definition) is 2. The minimum absolute atomic E-state index is 0.0476. The van der Waals surface area contributed by atoms with Gasteiger partial charge in [-0.2, -0.15) is 0 Å². The van der Waals surface area contributed by atoms with Gasteiger partial charge in [0, 0.05) is 33.3 Å². The number of primary amides is 1. The molecule has 0 bridgehead atoms. The zero-order chi connectivity index (χ0) is 15.4. The Labute approximate surface area is 128 Å². The fourth-order valence-corrected chi connectivity index (χ4v) is 3.06. The third-order valence-electron chi connectivity index (χ3n) is 3.11.